The van der Waals surface area contributed by atoms with Crippen molar-refractivity contribution in [1.82, 2.24) is 5.43 Å². The monoisotopic (exact) mass is 632 g/mol. The van der Waals surface area contributed by atoms with Crippen molar-refractivity contribution < 1.29 is 32.8 Å². The van der Waals surface area contributed by atoms with E-state index >= 15 is 0 Å². The summed E-state index contributed by atoms with van der Waals surface area (Å²) in [4.78, 5) is 35.0. The summed E-state index contributed by atoms with van der Waals surface area (Å²) in [5.74, 6) is -0.896. The number of hydrazone groups is 1. The first-order chi connectivity index (χ1) is 18.2. The number of anilines is 1. The largest absolute Gasteiger partial charge is 0.493 e. The number of nitro benzene ring substituents is 1. The Hall–Kier alpha value is -4.53. The van der Waals surface area contributed by atoms with E-state index in [0.717, 1.165) is 0 Å². The third-order valence-electron chi connectivity index (χ3n) is 5.04. The summed E-state index contributed by atoms with van der Waals surface area (Å²) >= 11 is 2.01. The fourth-order valence-electron chi connectivity index (χ4n) is 3.30. The number of hydrogen-bond donors (Lipinski definition) is 2. The fourth-order valence-corrected chi connectivity index (χ4v) is 4.08. The number of fused-ring (bicyclic) bond motifs is 1. The number of nitrogens with one attached hydrogen (secondary N) is 2. The first-order valence-electron chi connectivity index (χ1n) is 10.8. The summed E-state index contributed by atoms with van der Waals surface area (Å²) in [5, 5.41) is 17.9. The van der Waals surface area contributed by atoms with Crippen LogP contribution in [0.15, 0.2) is 70.2 Å². The lowest BCUT2D eigenvalue weighted by Crippen LogP contribution is -2.20. The fraction of sp³-hybridized carbons (Fsp3) is 0.0800. The third-order valence-corrected chi connectivity index (χ3v) is 5.84. The molecule has 2 N–H and O–H groups in total. The molecular weight excluding hydrogens is 614 g/mol. The van der Waals surface area contributed by atoms with Crippen molar-refractivity contribution in [2.24, 2.45) is 5.10 Å². The van der Waals surface area contributed by atoms with Crippen LogP contribution in [0.4, 0.5) is 15.8 Å². The SMILES string of the molecule is COc1cc(/C=N/NC(=O)c2cc3cc([N+](=O)[O-])ccc3o2)cc(I)c1OCC(=O)Nc1ccc(F)cc1. The molecule has 0 aliphatic heterocycles. The highest BCUT2D eigenvalue weighted by molar-refractivity contribution is 14.1. The molecule has 0 aliphatic carbocycles. The average Bonchev–Trinajstić information content (AvgIpc) is 3.33. The average molecular weight is 632 g/mol. The van der Waals surface area contributed by atoms with E-state index in [2.05, 4.69) is 15.8 Å². The van der Waals surface area contributed by atoms with E-state index in [-0.39, 0.29) is 18.1 Å². The summed E-state index contributed by atoms with van der Waals surface area (Å²) in [6.07, 6.45) is 1.38. The minimum Gasteiger partial charge on any atom is -0.493 e. The quantitative estimate of drug-likeness (QED) is 0.116. The van der Waals surface area contributed by atoms with E-state index < -0.39 is 22.6 Å². The maximum absolute atomic E-state index is 13.0. The Balaban J connectivity index is 1.39. The van der Waals surface area contributed by atoms with Crippen molar-refractivity contribution in [2.75, 3.05) is 19.0 Å². The zero-order chi connectivity index (χ0) is 27.2. The molecule has 0 fully saturated rings. The first-order valence-corrected chi connectivity index (χ1v) is 11.9. The minimum atomic E-state index is -0.645. The number of halogens is 2. The van der Waals surface area contributed by atoms with Crippen LogP contribution in [0.5, 0.6) is 11.5 Å². The van der Waals surface area contributed by atoms with Crippen molar-refractivity contribution in [3.63, 3.8) is 0 Å². The van der Waals surface area contributed by atoms with Crippen LogP contribution in [-0.4, -0.2) is 36.7 Å². The van der Waals surface area contributed by atoms with Crippen LogP contribution in [-0.2, 0) is 4.79 Å². The third kappa shape index (κ3) is 6.42. The maximum Gasteiger partial charge on any atom is 0.307 e. The highest BCUT2D eigenvalue weighted by Crippen LogP contribution is 2.33. The predicted molar refractivity (Wildman–Crippen MR) is 144 cm³/mol. The van der Waals surface area contributed by atoms with Crippen LogP contribution in [0.25, 0.3) is 11.0 Å². The number of benzene rings is 3. The lowest BCUT2D eigenvalue weighted by Gasteiger charge is -2.13. The molecule has 1 heterocycles. The molecule has 0 aliphatic rings. The summed E-state index contributed by atoms with van der Waals surface area (Å²) < 4.78 is 30.1. The van der Waals surface area contributed by atoms with Gasteiger partial charge < -0.3 is 19.2 Å². The minimum absolute atomic E-state index is 0.0625. The molecule has 4 aromatic rings. The van der Waals surface area contributed by atoms with Gasteiger partial charge in [-0.1, -0.05) is 0 Å². The number of furan rings is 1. The smallest absolute Gasteiger partial charge is 0.307 e. The Kier molecular flexibility index (Phi) is 8.15. The van der Waals surface area contributed by atoms with Crippen molar-refractivity contribution in [3.8, 4) is 11.5 Å². The van der Waals surface area contributed by atoms with Gasteiger partial charge in [0.15, 0.2) is 23.9 Å². The molecule has 0 saturated carbocycles. The Labute approximate surface area is 227 Å². The highest BCUT2D eigenvalue weighted by Gasteiger charge is 2.16. The zero-order valence-corrected chi connectivity index (χ0v) is 21.7. The second kappa shape index (κ2) is 11.7. The Morgan fingerprint density at radius 3 is 2.63 bits per heavy atom. The van der Waals surface area contributed by atoms with Crippen molar-refractivity contribution in [1.29, 1.82) is 0 Å². The molecule has 13 heteroatoms. The second-order valence-corrected chi connectivity index (χ2v) is 8.83. The molecule has 2 amide bonds. The van der Waals surface area contributed by atoms with Gasteiger partial charge >= 0.3 is 5.91 Å². The lowest BCUT2D eigenvalue weighted by molar-refractivity contribution is -0.384. The molecule has 11 nitrogen and oxygen atoms in total. The van der Waals surface area contributed by atoms with Crippen molar-refractivity contribution in [3.05, 3.63) is 91.5 Å². The molecule has 0 atom stereocenters. The van der Waals surface area contributed by atoms with Crippen molar-refractivity contribution in [2.45, 2.75) is 0 Å². The van der Waals surface area contributed by atoms with Gasteiger partial charge in [0.1, 0.15) is 11.4 Å². The van der Waals surface area contributed by atoms with Gasteiger partial charge in [0.25, 0.3) is 11.6 Å². The van der Waals surface area contributed by atoms with Gasteiger partial charge in [-0.3, -0.25) is 19.7 Å². The number of amides is 2. The number of nitrogens with zero attached hydrogens (tertiary/aromatic N) is 2. The summed E-state index contributed by atoms with van der Waals surface area (Å²) in [5.41, 5.74) is 3.54. The van der Waals surface area contributed by atoms with Crippen LogP contribution in [0, 0.1) is 19.5 Å². The molecule has 194 valence electrons. The summed E-state index contributed by atoms with van der Waals surface area (Å²) in [6.45, 7) is -0.312. The normalized spacial score (nSPS) is 10.9. The number of methoxy groups -OCH3 is 1. The molecule has 0 saturated heterocycles. The van der Waals surface area contributed by atoms with E-state index in [1.54, 1.807) is 12.1 Å². The molecule has 3 aromatic carbocycles. The zero-order valence-electron chi connectivity index (χ0n) is 19.6. The van der Waals surface area contributed by atoms with Gasteiger partial charge in [-0.25, -0.2) is 9.82 Å². The van der Waals surface area contributed by atoms with Gasteiger partial charge in [0, 0.05) is 23.2 Å². The van der Waals surface area contributed by atoms with E-state index in [4.69, 9.17) is 13.9 Å². The Morgan fingerprint density at radius 1 is 1.16 bits per heavy atom. The molecular formula is C25H18FIN4O7. The van der Waals surface area contributed by atoms with Gasteiger partial charge in [0.2, 0.25) is 0 Å². The number of carbonyl (C=O) groups excluding carboxylic acids is 2. The first kappa shape index (κ1) is 26.5. The summed E-state index contributed by atoms with van der Waals surface area (Å²) in [7, 11) is 1.44. The second-order valence-electron chi connectivity index (χ2n) is 7.67. The topological polar surface area (TPSA) is 145 Å². The number of rotatable bonds is 9. The standard InChI is InChI=1S/C25H18FIN4O7/c1-36-21-9-14(8-19(27)24(21)37-13-23(32)29-17-4-2-16(26)3-5-17)12-28-30-25(33)22-11-15-10-18(31(34)35)6-7-20(15)38-22/h2-12H,13H2,1H3,(H,29,32)(H,30,33)/b28-12+. The number of ether oxygens (including phenoxy) is 2. The van der Waals surface area contributed by atoms with E-state index in [1.807, 2.05) is 22.6 Å². The van der Waals surface area contributed by atoms with Crippen LogP contribution >= 0.6 is 22.6 Å². The van der Waals surface area contributed by atoms with Gasteiger partial charge in [-0.05, 0) is 76.7 Å². The molecule has 0 radical (unpaired) electrons. The molecule has 4 rings (SSSR count). The molecule has 38 heavy (non-hydrogen) atoms. The maximum atomic E-state index is 13.0. The predicted octanol–water partition coefficient (Wildman–Crippen LogP) is 4.87. The van der Waals surface area contributed by atoms with Crippen LogP contribution in [0.2, 0.25) is 0 Å². The van der Waals surface area contributed by atoms with Gasteiger partial charge in [-0.15, -0.1) is 0 Å². The number of carbonyl (C=O) groups is 2. The molecule has 0 spiro atoms. The number of non-ortho nitro benzene ring substituents is 1. The number of nitro groups is 1. The lowest BCUT2D eigenvalue weighted by atomic mass is 10.2. The Morgan fingerprint density at radius 2 is 1.92 bits per heavy atom. The molecule has 0 unspecified atom stereocenters. The van der Waals surface area contributed by atoms with Crippen LogP contribution in [0.3, 0.4) is 0 Å². The number of hydrogen-bond acceptors (Lipinski definition) is 8. The van der Waals surface area contributed by atoms with Gasteiger partial charge in [0.05, 0.1) is 21.8 Å². The van der Waals surface area contributed by atoms with Crippen LogP contribution in [0.1, 0.15) is 16.1 Å². The van der Waals surface area contributed by atoms with Gasteiger partial charge in [-0.2, -0.15) is 5.10 Å². The van der Waals surface area contributed by atoms with Crippen LogP contribution < -0.4 is 20.2 Å². The molecule has 1 aromatic heterocycles. The molecule has 0 bridgehead atoms. The van der Waals surface area contributed by atoms with E-state index in [9.17, 15) is 24.1 Å². The highest BCUT2D eigenvalue weighted by atomic mass is 127. The van der Waals surface area contributed by atoms with E-state index in [0.29, 0.717) is 37.3 Å². The van der Waals surface area contributed by atoms with Crippen molar-refractivity contribution >= 4 is 63.0 Å². The Bertz CT molecular complexity index is 1550. The summed E-state index contributed by atoms with van der Waals surface area (Å²) in [6, 6.07) is 14.0. The van der Waals surface area contributed by atoms with E-state index in [1.165, 1.54) is 61.9 Å².